The maximum atomic E-state index is 12.8. The molecule has 0 saturated carbocycles. The van der Waals surface area contributed by atoms with E-state index in [1.807, 2.05) is 12.1 Å². The SMILES string of the molecule is CCC(C)(C)CC(C)CCc1ccc(F)cc1. The second-order valence-electron chi connectivity index (χ2n) is 5.99. The summed E-state index contributed by atoms with van der Waals surface area (Å²) in [5.74, 6) is 0.587. The molecule has 0 amide bonds. The van der Waals surface area contributed by atoms with Crippen LogP contribution in [0.4, 0.5) is 4.39 Å². The molecule has 0 nitrogen and oxygen atoms in total. The fraction of sp³-hybridized carbons (Fsp3) is 0.625. The van der Waals surface area contributed by atoms with Gasteiger partial charge in [0, 0.05) is 0 Å². The van der Waals surface area contributed by atoms with E-state index >= 15 is 0 Å². The molecular weight excluding hydrogens is 211 g/mol. The minimum atomic E-state index is -0.145. The summed E-state index contributed by atoms with van der Waals surface area (Å²) in [5, 5.41) is 0. The first-order valence-corrected chi connectivity index (χ1v) is 6.67. The Morgan fingerprint density at radius 2 is 1.76 bits per heavy atom. The van der Waals surface area contributed by atoms with E-state index in [9.17, 15) is 4.39 Å². The molecule has 1 heteroatoms. The van der Waals surface area contributed by atoms with Crippen LogP contribution < -0.4 is 0 Å². The number of rotatable bonds is 6. The van der Waals surface area contributed by atoms with E-state index in [-0.39, 0.29) is 5.82 Å². The highest BCUT2D eigenvalue weighted by molar-refractivity contribution is 5.16. The van der Waals surface area contributed by atoms with Gasteiger partial charge < -0.3 is 0 Å². The molecule has 17 heavy (non-hydrogen) atoms. The van der Waals surface area contributed by atoms with Gasteiger partial charge in [0.2, 0.25) is 0 Å². The third-order valence-electron chi connectivity index (χ3n) is 3.70. The molecule has 0 aromatic heterocycles. The van der Waals surface area contributed by atoms with Gasteiger partial charge in [-0.1, -0.05) is 46.2 Å². The van der Waals surface area contributed by atoms with Crippen molar-refractivity contribution in [2.75, 3.05) is 0 Å². The fourth-order valence-corrected chi connectivity index (χ4v) is 2.25. The maximum absolute atomic E-state index is 12.8. The largest absolute Gasteiger partial charge is 0.207 e. The van der Waals surface area contributed by atoms with Gasteiger partial charge in [-0.3, -0.25) is 0 Å². The number of hydrogen-bond donors (Lipinski definition) is 0. The molecule has 0 aliphatic heterocycles. The molecule has 0 aliphatic carbocycles. The molecular formula is C16H25F. The Hall–Kier alpha value is -0.850. The average Bonchev–Trinajstić information content (AvgIpc) is 2.28. The van der Waals surface area contributed by atoms with Crippen molar-refractivity contribution < 1.29 is 4.39 Å². The van der Waals surface area contributed by atoms with Crippen LogP contribution in [0, 0.1) is 17.2 Å². The quantitative estimate of drug-likeness (QED) is 0.635. The van der Waals surface area contributed by atoms with E-state index in [0.29, 0.717) is 5.41 Å². The zero-order valence-electron chi connectivity index (χ0n) is 11.6. The third kappa shape index (κ3) is 5.34. The predicted octanol–water partition coefficient (Wildman–Crippen LogP) is 5.22. The van der Waals surface area contributed by atoms with Crippen molar-refractivity contribution >= 4 is 0 Å². The molecule has 0 saturated heterocycles. The molecule has 0 bridgehead atoms. The lowest BCUT2D eigenvalue weighted by Crippen LogP contribution is -2.14. The second-order valence-corrected chi connectivity index (χ2v) is 5.99. The van der Waals surface area contributed by atoms with Crippen LogP contribution >= 0.6 is 0 Å². The number of aryl methyl sites for hydroxylation is 1. The van der Waals surface area contributed by atoms with E-state index in [0.717, 1.165) is 12.3 Å². The van der Waals surface area contributed by atoms with Crippen LogP contribution in [-0.2, 0) is 6.42 Å². The topological polar surface area (TPSA) is 0 Å². The van der Waals surface area contributed by atoms with Gasteiger partial charge in [0.05, 0.1) is 0 Å². The van der Waals surface area contributed by atoms with Crippen molar-refractivity contribution in [1.29, 1.82) is 0 Å². The van der Waals surface area contributed by atoms with Crippen LogP contribution in [0.1, 0.15) is 52.5 Å². The Bertz CT molecular complexity index is 324. The first-order valence-electron chi connectivity index (χ1n) is 6.67. The standard InChI is InChI=1S/C16H25F/c1-5-16(3,4)12-13(2)6-7-14-8-10-15(17)11-9-14/h8-11,13H,5-7,12H2,1-4H3. The molecule has 0 heterocycles. The van der Waals surface area contributed by atoms with Crippen molar-refractivity contribution in [2.24, 2.45) is 11.3 Å². The van der Waals surface area contributed by atoms with E-state index in [2.05, 4.69) is 27.7 Å². The Labute approximate surface area is 105 Å². The van der Waals surface area contributed by atoms with Crippen LogP contribution in [0.2, 0.25) is 0 Å². The average molecular weight is 236 g/mol. The number of halogens is 1. The van der Waals surface area contributed by atoms with Gasteiger partial charge in [-0.25, -0.2) is 4.39 Å². The molecule has 1 aromatic rings. The maximum Gasteiger partial charge on any atom is 0.123 e. The second kappa shape index (κ2) is 6.18. The van der Waals surface area contributed by atoms with Crippen molar-refractivity contribution in [3.8, 4) is 0 Å². The lowest BCUT2D eigenvalue weighted by molar-refractivity contribution is 0.259. The molecule has 0 radical (unpaired) electrons. The first kappa shape index (κ1) is 14.2. The van der Waals surface area contributed by atoms with Gasteiger partial charge in [-0.2, -0.15) is 0 Å². The molecule has 1 rings (SSSR count). The van der Waals surface area contributed by atoms with Crippen molar-refractivity contribution in [3.05, 3.63) is 35.6 Å². The monoisotopic (exact) mass is 236 g/mol. The minimum Gasteiger partial charge on any atom is -0.207 e. The van der Waals surface area contributed by atoms with Crippen molar-refractivity contribution in [1.82, 2.24) is 0 Å². The van der Waals surface area contributed by atoms with Crippen LogP contribution in [0.3, 0.4) is 0 Å². The lowest BCUT2D eigenvalue weighted by Gasteiger charge is -2.26. The van der Waals surface area contributed by atoms with Crippen LogP contribution in [0.5, 0.6) is 0 Å². The molecule has 96 valence electrons. The molecule has 1 atom stereocenters. The summed E-state index contributed by atoms with van der Waals surface area (Å²) in [4.78, 5) is 0. The molecule has 0 aliphatic rings. The Kier molecular flexibility index (Phi) is 5.17. The van der Waals surface area contributed by atoms with Gasteiger partial charge in [-0.15, -0.1) is 0 Å². The summed E-state index contributed by atoms with van der Waals surface area (Å²) >= 11 is 0. The minimum absolute atomic E-state index is 0.145. The number of benzene rings is 1. The normalized spacial score (nSPS) is 13.7. The van der Waals surface area contributed by atoms with Gasteiger partial charge in [0.15, 0.2) is 0 Å². The van der Waals surface area contributed by atoms with Crippen molar-refractivity contribution in [3.63, 3.8) is 0 Å². The van der Waals surface area contributed by atoms with E-state index in [1.165, 1.54) is 24.8 Å². The highest BCUT2D eigenvalue weighted by Gasteiger charge is 2.18. The predicted molar refractivity (Wildman–Crippen MR) is 72.6 cm³/mol. The Balaban J connectivity index is 2.38. The molecule has 1 unspecified atom stereocenters. The van der Waals surface area contributed by atoms with Gasteiger partial charge in [0.25, 0.3) is 0 Å². The van der Waals surface area contributed by atoms with E-state index in [4.69, 9.17) is 0 Å². The zero-order chi connectivity index (χ0) is 12.9. The molecule has 1 aromatic carbocycles. The summed E-state index contributed by atoms with van der Waals surface area (Å²) in [6.45, 7) is 9.25. The Morgan fingerprint density at radius 3 is 2.29 bits per heavy atom. The fourth-order valence-electron chi connectivity index (χ4n) is 2.25. The summed E-state index contributed by atoms with van der Waals surface area (Å²) in [5.41, 5.74) is 1.69. The highest BCUT2D eigenvalue weighted by atomic mass is 19.1. The van der Waals surface area contributed by atoms with Crippen molar-refractivity contribution in [2.45, 2.75) is 53.4 Å². The van der Waals surface area contributed by atoms with Crippen LogP contribution in [0.15, 0.2) is 24.3 Å². The smallest absolute Gasteiger partial charge is 0.123 e. The molecule has 0 spiro atoms. The van der Waals surface area contributed by atoms with Crippen LogP contribution in [0.25, 0.3) is 0 Å². The Morgan fingerprint density at radius 1 is 1.18 bits per heavy atom. The van der Waals surface area contributed by atoms with E-state index < -0.39 is 0 Å². The zero-order valence-corrected chi connectivity index (χ0v) is 11.6. The highest BCUT2D eigenvalue weighted by Crippen LogP contribution is 2.30. The summed E-state index contributed by atoms with van der Waals surface area (Å²) in [7, 11) is 0. The van der Waals surface area contributed by atoms with E-state index in [1.54, 1.807) is 12.1 Å². The molecule has 0 fully saturated rings. The lowest BCUT2D eigenvalue weighted by atomic mass is 9.79. The molecule has 0 N–H and O–H groups in total. The summed E-state index contributed by atoms with van der Waals surface area (Å²) in [6, 6.07) is 6.89. The van der Waals surface area contributed by atoms with Gasteiger partial charge >= 0.3 is 0 Å². The summed E-state index contributed by atoms with van der Waals surface area (Å²) < 4.78 is 12.8. The van der Waals surface area contributed by atoms with Crippen LogP contribution in [-0.4, -0.2) is 0 Å². The number of hydrogen-bond acceptors (Lipinski definition) is 0. The summed E-state index contributed by atoms with van der Waals surface area (Å²) in [6.07, 6.45) is 4.74. The van der Waals surface area contributed by atoms with Gasteiger partial charge in [0.1, 0.15) is 5.82 Å². The van der Waals surface area contributed by atoms with Gasteiger partial charge in [-0.05, 0) is 48.3 Å². The first-order chi connectivity index (χ1) is 7.93. The third-order valence-corrected chi connectivity index (χ3v) is 3.70.